The number of hydrogen-bond acceptors (Lipinski definition) is 4. The van der Waals surface area contributed by atoms with Crippen LogP contribution in [0.2, 0.25) is 5.02 Å². The van der Waals surface area contributed by atoms with Crippen LogP contribution in [-0.2, 0) is 22.6 Å². The SMILES string of the molecule is O=C(O)CCCn1cc(CC(=O)O)c2c(C=Cc3ccc(OCCCCOc4ccc(F)cc4Cl)cc3)cccc21. The Morgan fingerprint density at radius 3 is 2.37 bits per heavy atom. The van der Waals surface area contributed by atoms with Crippen molar-refractivity contribution in [1.29, 1.82) is 0 Å². The predicted molar refractivity (Wildman–Crippen MR) is 157 cm³/mol. The summed E-state index contributed by atoms with van der Waals surface area (Å²) in [5.41, 5.74) is 3.42. The number of carbonyl (C=O) groups is 2. The number of carboxylic acid groups (broad SMARTS) is 2. The summed E-state index contributed by atoms with van der Waals surface area (Å²) in [6.45, 7) is 1.46. The van der Waals surface area contributed by atoms with Gasteiger partial charge in [0.05, 0.1) is 24.7 Å². The zero-order valence-electron chi connectivity index (χ0n) is 22.4. The Hall–Kier alpha value is -4.30. The number of nitrogens with zero attached hydrogens (tertiary/aromatic N) is 1. The van der Waals surface area contributed by atoms with Crippen LogP contribution in [0.1, 0.15) is 42.4 Å². The summed E-state index contributed by atoms with van der Waals surface area (Å²) in [7, 11) is 0. The molecule has 0 bridgehead atoms. The smallest absolute Gasteiger partial charge is 0.307 e. The quantitative estimate of drug-likeness (QED) is 0.113. The van der Waals surface area contributed by atoms with Crippen LogP contribution in [0.25, 0.3) is 23.1 Å². The lowest BCUT2D eigenvalue weighted by molar-refractivity contribution is -0.137. The van der Waals surface area contributed by atoms with Gasteiger partial charge in [-0.15, -0.1) is 0 Å². The van der Waals surface area contributed by atoms with Crippen molar-refractivity contribution in [1.82, 2.24) is 4.57 Å². The zero-order valence-corrected chi connectivity index (χ0v) is 23.1. The Morgan fingerprint density at radius 1 is 0.902 bits per heavy atom. The van der Waals surface area contributed by atoms with Crippen molar-refractivity contribution < 1.29 is 33.7 Å². The number of aryl methyl sites for hydroxylation is 1. The third kappa shape index (κ3) is 8.59. The van der Waals surface area contributed by atoms with Gasteiger partial charge in [-0.3, -0.25) is 9.59 Å². The van der Waals surface area contributed by atoms with Gasteiger partial charge in [-0.05, 0) is 72.4 Å². The number of rotatable bonds is 15. The second-order valence-corrected chi connectivity index (χ2v) is 9.95. The highest BCUT2D eigenvalue weighted by Gasteiger charge is 2.14. The van der Waals surface area contributed by atoms with E-state index in [9.17, 15) is 19.1 Å². The van der Waals surface area contributed by atoms with Gasteiger partial charge in [0.2, 0.25) is 0 Å². The molecule has 0 unspecified atom stereocenters. The summed E-state index contributed by atoms with van der Waals surface area (Å²) < 4.78 is 26.5. The number of aromatic nitrogens is 1. The second-order valence-electron chi connectivity index (χ2n) is 9.54. The lowest BCUT2D eigenvalue weighted by Crippen LogP contribution is -2.03. The molecule has 0 radical (unpaired) electrons. The Morgan fingerprint density at radius 2 is 1.66 bits per heavy atom. The molecule has 2 N–H and O–H groups in total. The molecule has 1 aromatic heterocycles. The topological polar surface area (TPSA) is 98.0 Å². The minimum atomic E-state index is -0.922. The fourth-order valence-corrected chi connectivity index (χ4v) is 4.74. The normalized spacial score (nSPS) is 11.3. The van der Waals surface area contributed by atoms with Crippen LogP contribution in [0.4, 0.5) is 4.39 Å². The molecular formula is C32H31ClFNO6. The number of benzene rings is 3. The van der Waals surface area contributed by atoms with Gasteiger partial charge in [0.1, 0.15) is 17.3 Å². The summed E-state index contributed by atoms with van der Waals surface area (Å²) in [5.74, 6) is -0.977. The number of unbranched alkanes of at least 4 members (excludes halogenated alkanes) is 1. The van der Waals surface area contributed by atoms with E-state index in [1.54, 1.807) is 0 Å². The molecule has 0 atom stereocenters. The molecule has 4 rings (SSSR count). The van der Waals surface area contributed by atoms with Crippen molar-refractivity contribution in [3.05, 3.63) is 94.4 Å². The molecule has 214 valence electrons. The average Bonchev–Trinajstić information content (AvgIpc) is 3.28. The van der Waals surface area contributed by atoms with Crippen molar-refractivity contribution in [2.24, 2.45) is 0 Å². The Labute approximate surface area is 242 Å². The molecule has 0 saturated heterocycles. The van der Waals surface area contributed by atoms with Gasteiger partial charge < -0.3 is 24.3 Å². The van der Waals surface area contributed by atoms with Crippen LogP contribution in [-0.4, -0.2) is 39.9 Å². The first kappa shape index (κ1) is 29.7. The van der Waals surface area contributed by atoms with E-state index < -0.39 is 17.8 Å². The van der Waals surface area contributed by atoms with Crippen molar-refractivity contribution >= 4 is 46.6 Å². The number of carboxylic acids is 2. The van der Waals surface area contributed by atoms with Crippen LogP contribution in [0.15, 0.2) is 66.9 Å². The van der Waals surface area contributed by atoms with Gasteiger partial charge >= 0.3 is 11.9 Å². The second kappa shape index (κ2) is 14.4. The van der Waals surface area contributed by atoms with Gasteiger partial charge in [-0.1, -0.05) is 48.0 Å². The van der Waals surface area contributed by atoms with E-state index in [-0.39, 0.29) is 17.9 Å². The highest BCUT2D eigenvalue weighted by Crippen LogP contribution is 2.28. The lowest BCUT2D eigenvalue weighted by atomic mass is 10.0. The Kier molecular flexibility index (Phi) is 10.4. The third-order valence-electron chi connectivity index (χ3n) is 6.44. The predicted octanol–water partition coefficient (Wildman–Crippen LogP) is 7.33. The number of halogens is 2. The van der Waals surface area contributed by atoms with Crippen LogP contribution in [0.3, 0.4) is 0 Å². The third-order valence-corrected chi connectivity index (χ3v) is 6.74. The van der Waals surface area contributed by atoms with Crippen molar-refractivity contribution in [3.8, 4) is 11.5 Å². The maximum atomic E-state index is 13.1. The molecule has 0 saturated carbocycles. The standard InChI is InChI=1S/C32H31ClFNO6/c33-27-20-25(34)12-15-29(27)41-18-2-1-17-40-26-13-9-22(10-14-26)8-11-23-5-3-6-28-32(23)24(19-31(38)39)21-35(28)16-4-7-30(36)37/h3,5-6,8-15,20-21H,1-2,4,7,16-19H2,(H,36,37)(H,38,39). The van der Waals surface area contributed by atoms with E-state index in [0.29, 0.717) is 37.5 Å². The highest BCUT2D eigenvalue weighted by molar-refractivity contribution is 6.32. The van der Waals surface area contributed by atoms with E-state index in [1.807, 2.05) is 65.4 Å². The lowest BCUT2D eigenvalue weighted by Gasteiger charge is -2.09. The van der Waals surface area contributed by atoms with Crippen LogP contribution < -0.4 is 9.47 Å². The minimum Gasteiger partial charge on any atom is -0.494 e. The molecule has 0 fully saturated rings. The molecule has 41 heavy (non-hydrogen) atoms. The Bertz CT molecular complexity index is 1530. The largest absolute Gasteiger partial charge is 0.494 e. The van der Waals surface area contributed by atoms with Gasteiger partial charge in [0.25, 0.3) is 0 Å². The monoisotopic (exact) mass is 579 g/mol. The maximum Gasteiger partial charge on any atom is 0.307 e. The Balaban J connectivity index is 1.33. The summed E-state index contributed by atoms with van der Waals surface area (Å²) in [5, 5.41) is 19.5. The van der Waals surface area contributed by atoms with Crippen LogP contribution >= 0.6 is 11.6 Å². The number of hydrogen-bond donors (Lipinski definition) is 2. The zero-order chi connectivity index (χ0) is 29.2. The molecule has 7 nitrogen and oxygen atoms in total. The molecular weight excluding hydrogens is 549 g/mol. The fourth-order valence-electron chi connectivity index (χ4n) is 4.52. The number of fused-ring (bicyclic) bond motifs is 1. The van der Waals surface area contributed by atoms with E-state index in [2.05, 4.69) is 0 Å². The first-order valence-electron chi connectivity index (χ1n) is 13.3. The van der Waals surface area contributed by atoms with E-state index in [4.69, 9.17) is 26.2 Å². The molecule has 4 aromatic rings. The van der Waals surface area contributed by atoms with Gasteiger partial charge in [0, 0.05) is 30.1 Å². The first-order chi connectivity index (χ1) is 19.8. The molecule has 9 heteroatoms. The summed E-state index contributed by atoms with van der Waals surface area (Å²) in [6, 6.07) is 17.5. The highest BCUT2D eigenvalue weighted by atomic mass is 35.5. The van der Waals surface area contributed by atoms with Crippen molar-refractivity contribution in [3.63, 3.8) is 0 Å². The van der Waals surface area contributed by atoms with E-state index in [0.717, 1.165) is 40.6 Å². The number of ether oxygens (including phenoxy) is 2. The van der Waals surface area contributed by atoms with Gasteiger partial charge in [-0.25, -0.2) is 4.39 Å². The molecule has 0 aliphatic rings. The molecule has 3 aromatic carbocycles. The van der Waals surface area contributed by atoms with Crippen molar-refractivity contribution in [2.45, 2.75) is 38.6 Å². The van der Waals surface area contributed by atoms with Gasteiger partial charge in [-0.2, -0.15) is 0 Å². The van der Waals surface area contributed by atoms with E-state index >= 15 is 0 Å². The summed E-state index contributed by atoms with van der Waals surface area (Å²) >= 11 is 5.96. The van der Waals surface area contributed by atoms with Crippen LogP contribution in [0.5, 0.6) is 11.5 Å². The van der Waals surface area contributed by atoms with Crippen LogP contribution in [0, 0.1) is 5.82 Å². The molecule has 0 spiro atoms. The molecule has 1 heterocycles. The van der Waals surface area contributed by atoms with E-state index in [1.165, 1.54) is 18.2 Å². The maximum absolute atomic E-state index is 13.1. The molecule has 0 aliphatic carbocycles. The number of aliphatic carboxylic acids is 2. The molecule has 0 aliphatic heterocycles. The minimum absolute atomic E-state index is 0.0501. The average molecular weight is 580 g/mol. The summed E-state index contributed by atoms with van der Waals surface area (Å²) in [6.07, 6.45) is 7.65. The summed E-state index contributed by atoms with van der Waals surface area (Å²) in [4.78, 5) is 22.4. The van der Waals surface area contributed by atoms with Gasteiger partial charge in [0.15, 0.2) is 0 Å². The molecule has 0 amide bonds. The first-order valence-corrected chi connectivity index (χ1v) is 13.7. The van der Waals surface area contributed by atoms with Crippen molar-refractivity contribution in [2.75, 3.05) is 13.2 Å². The fraction of sp³-hybridized carbons (Fsp3) is 0.250.